The summed E-state index contributed by atoms with van der Waals surface area (Å²) in [6, 6.07) is 10.2. The van der Waals surface area contributed by atoms with Gasteiger partial charge in [-0.25, -0.2) is 4.98 Å². The second-order valence-corrected chi connectivity index (χ2v) is 4.94. The van der Waals surface area contributed by atoms with E-state index in [0.717, 1.165) is 12.1 Å². The molecule has 0 N–H and O–H groups in total. The van der Waals surface area contributed by atoms with Crippen molar-refractivity contribution in [2.24, 2.45) is 0 Å². The largest absolute Gasteiger partial charge is 0.491 e. The summed E-state index contributed by atoms with van der Waals surface area (Å²) in [7, 11) is 0. The van der Waals surface area contributed by atoms with Gasteiger partial charge in [0, 0.05) is 12.6 Å². The molecule has 7 heteroatoms. The smallest absolute Gasteiger partial charge is 0.312 e. The van der Waals surface area contributed by atoms with E-state index in [-0.39, 0.29) is 16.7 Å². The minimum atomic E-state index is -0.451. The highest BCUT2D eigenvalue weighted by Gasteiger charge is 2.26. The van der Waals surface area contributed by atoms with Crippen molar-refractivity contribution in [2.75, 3.05) is 18.1 Å². The number of pyridine rings is 1. The van der Waals surface area contributed by atoms with Crippen molar-refractivity contribution in [3.8, 4) is 5.75 Å². The SMILES string of the molecule is O=[N+]([O-])c1ccc(Cl)nc1N1CCCOc2ccccc21. The molecule has 0 saturated heterocycles. The standard InChI is InChI=1S/C14H12ClN3O3/c15-13-7-6-11(18(19)20)14(16-13)17-8-3-9-21-12-5-2-1-4-10(12)17/h1-2,4-7H,3,8-9H2. The first-order chi connectivity index (χ1) is 10.2. The van der Waals surface area contributed by atoms with E-state index in [1.807, 2.05) is 24.3 Å². The molecule has 6 nitrogen and oxygen atoms in total. The summed E-state index contributed by atoms with van der Waals surface area (Å²) in [4.78, 5) is 16.7. The van der Waals surface area contributed by atoms with Gasteiger partial charge in [-0.1, -0.05) is 23.7 Å². The van der Waals surface area contributed by atoms with E-state index in [2.05, 4.69) is 4.98 Å². The molecule has 2 aromatic rings. The van der Waals surface area contributed by atoms with Gasteiger partial charge in [0.1, 0.15) is 10.9 Å². The van der Waals surface area contributed by atoms with Crippen LogP contribution >= 0.6 is 11.6 Å². The Morgan fingerprint density at radius 1 is 1.29 bits per heavy atom. The Morgan fingerprint density at radius 2 is 2.10 bits per heavy atom. The van der Waals surface area contributed by atoms with Gasteiger partial charge in [0.25, 0.3) is 0 Å². The third-order valence-corrected chi connectivity index (χ3v) is 3.42. The highest BCUT2D eigenvalue weighted by molar-refractivity contribution is 6.29. The predicted octanol–water partition coefficient (Wildman–Crippen LogP) is 3.56. The van der Waals surface area contributed by atoms with E-state index < -0.39 is 4.92 Å². The van der Waals surface area contributed by atoms with E-state index in [0.29, 0.717) is 18.9 Å². The van der Waals surface area contributed by atoms with Crippen LogP contribution in [-0.2, 0) is 0 Å². The Bertz CT molecular complexity index is 693. The first-order valence-corrected chi connectivity index (χ1v) is 6.85. The second-order valence-electron chi connectivity index (χ2n) is 4.56. The zero-order valence-corrected chi connectivity index (χ0v) is 11.8. The molecule has 0 fully saturated rings. The maximum atomic E-state index is 11.2. The molecule has 0 spiro atoms. The molecule has 1 aliphatic rings. The van der Waals surface area contributed by atoms with Crippen molar-refractivity contribution < 1.29 is 9.66 Å². The molecule has 0 aliphatic carbocycles. The fourth-order valence-electron chi connectivity index (χ4n) is 2.31. The third-order valence-electron chi connectivity index (χ3n) is 3.21. The van der Waals surface area contributed by atoms with Crippen molar-refractivity contribution in [2.45, 2.75) is 6.42 Å². The lowest BCUT2D eigenvalue weighted by atomic mass is 10.2. The molecule has 21 heavy (non-hydrogen) atoms. The number of nitrogens with zero attached hydrogens (tertiary/aromatic N) is 3. The number of hydrogen-bond acceptors (Lipinski definition) is 5. The van der Waals surface area contributed by atoms with Crippen LogP contribution in [0.1, 0.15) is 6.42 Å². The molecule has 1 aliphatic heterocycles. The minimum Gasteiger partial charge on any atom is -0.491 e. The lowest BCUT2D eigenvalue weighted by Gasteiger charge is -2.22. The Morgan fingerprint density at radius 3 is 2.90 bits per heavy atom. The van der Waals surface area contributed by atoms with Gasteiger partial charge >= 0.3 is 5.69 Å². The number of nitro groups is 1. The lowest BCUT2D eigenvalue weighted by molar-refractivity contribution is -0.384. The van der Waals surface area contributed by atoms with Gasteiger partial charge in [-0.2, -0.15) is 0 Å². The Kier molecular flexibility index (Phi) is 3.62. The summed E-state index contributed by atoms with van der Waals surface area (Å²) in [6.07, 6.45) is 0.736. The minimum absolute atomic E-state index is 0.0731. The molecule has 0 unspecified atom stereocenters. The molecule has 2 heterocycles. The Balaban J connectivity index is 2.16. The van der Waals surface area contributed by atoms with Crippen LogP contribution in [0.25, 0.3) is 0 Å². The van der Waals surface area contributed by atoms with Crippen LogP contribution in [0, 0.1) is 10.1 Å². The third kappa shape index (κ3) is 2.62. The molecule has 1 aromatic heterocycles. The van der Waals surface area contributed by atoms with Crippen LogP contribution < -0.4 is 9.64 Å². The second kappa shape index (κ2) is 5.57. The van der Waals surface area contributed by atoms with E-state index in [1.54, 1.807) is 4.90 Å². The van der Waals surface area contributed by atoms with Gasteiger partial charge in [-0.3, -0.25) is 10.1 Å². The molecule has 108 valence electrons. The maximum absolute atomic E-state index is 11.2. The molecule has 0 atom stereocenters. The number of para-hydroxylation sites is 2. The number of hydrogen-bond donors (Lipinski definition) is 0. The summed E-state index contributed by atoms with van der Waals surface area (Å²) in [5, 5.41) is 11.5. The molecule has 0 radical (unpaired) electrons. The number of rotatable bonds is 2. The highest BCUT2D eigenvalue weighted by atomic mass is 35.5. The van der Waals surface area contributed by atoms with Crippen LogP contribution in [0.4, 0.5) is 17.2 Å². The van der Waals surface area contributed by atoms with Gasteiger partial charge in [0.2, 0.25) is 5.82 Å². The van der Waals surface area contributed by atoms with Gasteiger partial charge in [-0.15, -0.1) is 0 Å². The average molecular weight is 306 g/mol. The van der Waals surface area contributed by atoms with E-state index in [1.165, 1.54) is 12.1 Å². The molecule has 1 aromatic carbocycles. The van der Waals surface area contributed by atoms with Crippen LogP contribution in [0.3, 0.4) is 0 Å². The summed E-state index contributed by atoms with van der Waals surface area (Å²) < 4.78 is 5.66. The average Bonchev–Trinajstić information content (AvgIpc) is 2.69. The van der Waals surface area contributed by atoms with Crippen LogP contribution in [0.15, 0.2) is 36.4 Å². The monoisotopic (exact) mass is 305 g/mol. The molecule has 0 bridgehead atoms. The molecule has 0 saturated carbocycles. The highest BCUT2D eigenvalue weighted by Crippen LogP contribution is 2.39. The van der Waals surface area contributed by atoms with Gasteiger partial charge in [0.15, 0.2) is 0 Å². The number of halogens is 1. The van der Waals surface area contributed by atoms with Gasteiger partial charge in [0.05, 0.1) is 17.2 Å². The molecular formula is C14H12ClN3O3. The summed E-state index contributed by atoms with van der Waals surface area (Å²) in [5.74, 6) is 0.927. The van der Waals surface area contributed by atoms with Crippen LogP contribution in [0.5, 0.6) is 5.75 Å². The first-order valence-electron chi connectivity index (χ1n) is 6.47. The van der Waals surface area contributed by atoms with E-state index in [4.69, 9.17) is 16.3 Å². The number of fused-ring (bicyclic) bond motifs is 1. The van der Waals surface area contributed by atoms with Gasteiger partial charge < -0.3 is 9.64 Å². The zero-order valence-electron chi connectivity index (χ0n) is 11.0. The van der Waals surface area contributed by atoms with E-state index in [9.17, 15) is 10.1 Å². The van der Waals surface area contributed by atoms with E-state index >= 15 is 0 Å². The fraction of sp³-hybridized carbons (Fsp3) is 0.214. The Hall–Kier alpha value is -2.34. The van der Waals surface area contributed by atoms with Crippen LogP contribution in [0.2, 0.25) is 5.15 Å². The van der Waals surface area contributed by atoms with Crippen LogP contribution in [-0.4, -0.2) is 23.1 Å². The number of benzene rings is 1. The fourth-order valence-corrected chi connectivity index (χ4v) is 2.45. The molecule has 3 rings (SSSR count). The molecule has 0 amide bonds. The van der Waals surface area contributed by atoms with Crippen molar-refractivity contribution >= 4 is 28.8 Å². The summed E-state index contributed by atoms with van der Waals surface area (Å²) in [6.45, 7) is 1.13. The van der Waals surface area contributed by atoms with Crippen molar-refractivity contribution in [1.82, 2.24) is 4.98 Å². The first kappa shape index (κ1) is 13.6. The predicted molar refractivity (Wildman–Crippen MR) is 79.5 cm³/mol. The van der Waals surface area contributed by atoms with Crippen molar-refractivity contribution in [1.29, 1.82) is 0 Å². The lowest BCUT2D eigenvalue weighted by Crippen LogP contribution is -2.20. The number of anilines is 2. The summed E-state index contributed by atoms with van der Waals surface area (Å²) >= 11 is 5.92. The number of ether oxygens (including phenoxy) is 1. The van der Waals surface area contributed by atoms with Crippen molar-refractivity contribution in [3.63, 3.8) is 0 Å². The zero-order chi connectivity index (χ0) is 14.8. The topological polar surface area (TPSA) is 68.5 Å². The van der Waals surface area contributed by atoms with Gasteiger partial charge in [-0.05, 0) is 24.6 Å². The van der Waals surface area contributed by atoms with Crippen molar-refractivity contribution in [3.05, 3.63) is 51.7 Å². The maximum Gasteiger partial charge on any atom is 0.312 e. The normalized spacial score (nSPS) is 14.0. The Labute approximate surface area is 126 Å². The molecular weight excluding hydrogens is 294 g/mol. The summed E-state index contributed by atoms with van der Waals surface area (Å²) in [5.41, 5.74) is 0.684. The quantitative estimate of drug-likeness (QED) is 0.482. The number of aromatic nitrogens is 1.